The molecule has 1 saturated heterocycles. The van der Waals surface area contributed by atoms with Crippen molar-refractivity contribution in [1.82, 2.24) is 0 Å². The molecule has 3 aromatic carbocycles. The molecule has 0 amide bonds. The van der Waals surface area contributed by atoms with E-state index < -0.39 is 0 Å². The average molecular weight is 278 g/mol. The van der Waals surface area contributed by atoms with E-state index in [0.29, 0.717) is 6.61 Å². The van der Waals surface area contributed by atoms with Crippen LogP contribution in [-0.2, 0) is 4.74 Å². The molecule has 0 aromatic heterocycles. The molecule has 0 spiro atoms. The normalized spacial score (nSPS) is 18.4. The molecule has 1 aliphatic heterocycles. The van der Waals surface area contributed by atoms with Gasteiger partial charge >= 0.3 is 0 Å². The van der Waals surface area contributed by atoms with Crippen LogP contribution < -0.4 is 4.74 Å². The SMILES string of the molecule is c1ccc2cc3c(OCC4CCCO4)cccc3cc2c1. The Kier molecular flexibility index (Phi) is 3.24. The van der Waals surface area contributed by atoms with Crippen LogP contribution in [0.25, 0.3) is 21.5 Å². The van der Waals surface area contributed by atoms with Gasteiger partial charge in [-0.05, 0) is 47.2 Å². The highest BCUT2D eigenvalue weighted by Gasteiger charge is 2.16. The number of hydrogen-bond acceptors (Lipinski definition) is 2. The maximum absolute atomic E-state index is 6.03. The molecule has 21 heavy (non-hydrogen) atoms. The van der Waals surface area contributed by atoms with Crippen molar-refractivity contribution in [2.45, 2.75) is 18.9 Å². The first-order chi connectivity index (χ1) is 10.4. The van der Waals surface area contributed by atoms with Gasteiger partial charge in [-0.1, -0.05) is 36.4 Å². The zero-order valence-corrected chi connectivity index (χ0v) is 11.9. The predicted molar refractivity (Wildman–Crippen MR) is 85.9 cm³/mol. The summed E-state index contributed by atoms with van der Waals surface area (Å²) in [6.07, 6.45) is 2.50. The van der Waals surface area contributed by atoms with Crippen molar-refractivity contribution in [2.75, 3.05) is 13.2 Å². The van der Waals surface area contributed by atoms with Gasteiger partial charge in [-0.25, -0.2) is 0 Å². The number of fused-ring (bicyclic) bond motifs is 2. The van der Waals surface area contributed by atoms with Crippen molar-refractivity contribution >= 4 is 21.5 Å². The smallest absolute Gasteiger partial charge is 0.127 e. The van der Waals surface area contributed by atoms with E-state index in [9.17, 15) is 0 Å². The molecule has 2 heteroatoms. The van der Waals surface area contributed by atoms with Crippen LogP contribution in [0.3, 0.4) is 0 Å². The third-order valence-corrected chi connectivity index (χ3v) is 4.16. The summed E-state index contributed by atoms with van der Waals surface area (Å²) in [6.45, 7) is 1.51. The lowest BCUT2D eigenvalue weighted by Crippen LogP contribution is -2.16. The molecule has 1 heterocycles. The topological polar surface area (TPSA) is 18.5 Å². The molecule has 4 rings (SSSR count). The van der Waals surface area contributed by atoms with E-state index in [1.165, 1.54) is 21.5 Å². The maximum Gasteiger partial charge on any atom is 0.127 e. The van der Waals surface area contributed by atoms with Crippen molar-refractivity contribution in [1.29, 1.82) is 0 Å². The monoisotopic (exact) mass is 278 g/mol. The van der Waals surface area contributed by atoms with Gasteiger partial charge in [-0.15, -0.1) is 0 Å². The summed E-state index contributed by atoms with van der Waals surface area (Å²) < 4.78 is 11.7. The van der Waals surface area contributed by atoms with Crippen LogP contribution in [0.4, 0.5) is 0 Å². The van der Waals surface area contributed by atoms with E-state index in [4.69, 9.17) is 9.47 Å². The van der Waals surface area contributed by atoms with Gasteiger partial charge < -0.3 is 9.47 Å². The van der Waals surface area contributed by atoms with E-state index in [1.807, 2.05) is 6.07 Å². The Morgan fingerprint density at radius 2 is 1.76 bits per heavy atom. The first-order valence-corrected chi connectivity index (χ1v) is 7.56. The second-order valence-corrected chi connectivity index (χ2v) is 5.62. The van der Waals surface area contributed by atoms with Crippen LogP contribution in [-0.4, -0.2) is 19.3 Å². The minimum Gasteiger partial charge on any atom is -0.490 e. The predicted octanol–water partition coefficient (Wildman–Crippen LogP) is 4.55. The van der Waals surface area contributed by atoms with E-state index in [2.05, 4.69) is 48.5 Å². The minimum atomic E-state index is 0.251. The van der Waals surface area contributed by atoms with Gasteiger partial charge in [0.1, 0.15) is 12.4 Å². The lowest BCUT2D eigenvalue weighted by Gasteiger charge is -2.13. The second-order valence-electron chi connectivity index (χ2n) is 5.62. The molecule has 0 bridgehead atoms. The van der Waals surface area contributed by atoms with Crippen LogP contribution >= 0.6 is 0 Å². The first-order valence-electron chi connectivity index (χ1n) is 7.56. The van der Waals surface area contributed by atoms with E-state index in [1.54, 1.807) is 0 Å². The van der Waals surface area contributed by atoms with Crippen molar-refractivity contribution < 1.29 is 9.47 Å². The Hall–Kier alpha value is -2.06. The fourth-order valence-electron chi connectivity index (χ4n) is 3.02. The largest absolute Gasteiger partial charge is 0.490 e. The van der Waals surface area contributed by atoms with Gasteiger partial charge in [0.05, 0.1) is 6.10 Å². The third-order valence-electron chi connectivity index (χ3n) is 4.16. The number of ether oxygens (including phenoxy) is 2. The first kappa shape index (κ1) is 12.7. The summed E-state index contributed by atoms with van der Waals surface area (Å²) in [5.41, 5.74) is 0. The van der Waals surface area contributed by atoms with Gasteiger partial charge in [0, 0.05) is 12.0 Å². The number of hydrogen-bond donors (Lipinski definition) is 0. The molecule has 1 aliphatic rings. The molecule has 1 fully saturated rings. The fourth-order valence-corrected chi connectivity index (χ4v) is 3.02. The Balaban J connectivity index is 1.72. The lowest BCUT2D eigenvalue weighted by atomic mass is 10.0. The Labute approximate surface area is 124 Å². The highest BCUT2D eigenvalue weighted by Crippen LogP contribution is 2.30. The van der Waals surface area contributed by atoms with Gasteiger partial charge in [0.2, 0.25) is 0 Å². The molecule has 106 valence electrons. The minimum absolute atomic E-state index is 0.251. The summed E-state index contributed by atoms with van der Waals surface area (Å²) in [4.78, 5) is 0. The maximum atomic E-state index is 6.03. The molecular weight excluding hydrogens is 260 g/mol. The van der Waals surface area contributed by atoms with Crippen LogP contribution in [0, 0.1) is 0 Å². The van der Waals surface area contributed by atoms with Gasteiger partial charge in [-0.3, -0.25) is 0 Å². The zero-order valence-electron chi connectivity index (χ0n) is 11.9. The molecule has 0 N–H and O–H groups in total. The van der Waals surface area contributed by atoms with E-state index in [-0.39, 0.29) is 6.10 Å². The van der Waals surface area contributed by atoms with Gasteiger partial charge in [0.15, 0.2) is 0 Å². The zero-order chi connectivity index (χ0) is 14.1. The lowest BCUT2D eigenvalue weighted by molar-refractivity contribution is 0.0685. The van der Waals surface area contributed by atoms with Crippen molar-refractivity contribution in [3.63, 3.8) is 0 Å². The van der Waals surface area contributed by atoms with Gasteiger partial charge in [0.25, 0.3) is 0 Å². The molecule has 3 aromatic rings. The Morgan fingerprint density at radius 1 is 0.952 bits per heavy atom. The molecule has 1 unspecified atom stereocenters. The van der Waals surface area contributed by atoms with Crippen LogP contribution in [0.1, 0.15) is 12.8 Å². The summed E-state index contributed by atoms with van der Waals surface area (Å²) in [5.74, 6) is 0.953. The summed E-state index contributed by atoms with van der Waals surface area (Å²) >= 11 is 0. The fraction of sp³-hybridized carbons (Fsp3) is 0.263. The molecule has 0 radical (unpaired) electrons. The highest BCUT2D eigenvalue weighted by molar-refractivity contribution is 6.00. The molecule has 0 aliphatic carbocycles. The average Bonchev–Trinajstić information content (AvgIpc) is 3.04. The van der Waals surface area contributed by atoms with Crippen LogP contribution in [0.15, 0.2) is 54.6 Å². The van der Waals surface area contributed by atoms with Gasteiger partial charge in [-0.2, -0.15) is 0 Å². The summed E-state index contributed by atoms with van der Waals surface area (Å²) in [6, 6.07) is 19.1. The number of rotatable bonds is 3. The molecule has 2 nitrogen and oxygen atoms in total. The molecule has 1 atom stereocenters. The third kappa shape index (κ3) is 2.47. The van der Waals surface area contributed by atoms with Crippen molar-refractivity contribution in [2.24, 2.45) is 0 Å². The summed E-state index contributed by atoms with van der Waals surface area (Å²) in [5, 5.41) is 4.91. The van der Waals surface area contributed by atoms with E-state index in [0.717, 1.165) is 25.2 Å². The standard InChI is InChI=1S/C19H18O2/c1-2-6-15-12-18-16(11-14(15)5-1)7-3-9-19(18)21-13-17-8-4-10-20-17/h1-3,5-7,9,11-12,17H,4,8,10,13H2. The Bertz CT molecular complexity index is 773. The van der Waals surface area contributed by atoms with Crippen molar-refractivity contribution in [3.8, 4) is 5.75 Å². The van der Waals surface area contributed by atoms with Crippen LogP contribution in [0.5, 0.6) is 5.75 Å². The van der Waals surface area contributed by atoms with Crippen LogP contribution in [0.2, 0.25) is 0 Å². The molecule has 0 saturated carbocycles. The Morgan fingerprint density at radius 3 is 2.57 bits per heavy atom. The van der Waals surface area contributed by atoms with Crippen molar-refractivity contribution in [3.05, 3.63) is 54.6 Å². The van der Waals surface area contributed by atoms with E-state index >= 15 is 0 Å². The quantitative estimate of drug-likeness (QED) is 0.654. The number of benzene rings is 3. The molecular formula is C19H18O2. The second kappa shape index (κ2) is 5.38. The summed E-state index contributed by atoms with van der Waals surface area (Å²) in [7, 11) is 0. The highest BCUT2D eigenvalue weighted by atomic mass is 16.5.